The first-order valence-corrected chi connectivity index (χ1v) is 5.95. The Morgan fingerprint density at radius 3 is 2.58 bits per heavy atom. The van der Waals surface area contributed by atoms with Crippen molar-refractivity contribution < 1.29 is 9.47 Å². The lowest BCUT2D eigenvalue weighted by molar-refractivity contribution is 0.394. The van der Waals surface area contributed by atoms with E-state index in [4.69, 9.17) is 9.47 Å². The van der Waals surface area contributed by atoms with Crippen LogP contribution in [0, 0.1) is 0 Å². The number of ether oxygens (including phenoxy) is 2. The fourth-order valence-corrected chi connectivity index (χ4v) is 2.09. The van der Waals surface area contributed by atoms with Crippen molar-refractivity contribution in [1.29, 1.82) is 0 Å². The van der Waals surface area contributed by atoms with Crippen LogP contribution in [0.1, 0.15) is 17.3 Å². The minimum atomic E-state index is -0.0648. The molecule has 2 aromatic rings. The lowest BCUT2D eigenvalue weighted by Crippen LogP contribution is -2.21. The molecule has 6 nitrogen and oxygen atoms in total. The number of rotatable bonds is 5. The van der Waals surface area contributed by atoms with Crippen molar-refractivity contribution in [3.05, 3.63) is 35.7 Å². The van der Waals surface area contributed by atoms with Crippen LogP contribution in [0.25, 0.3) is 0 Å². The van der Waals surface area contributed by atoms with Gasteiger partial charge in [0, 0.05) is 12.6 Å². The Bertz CT molecular complexity index is 553. The Morgan fingerprint density at radius 1 is 1.26 bits per heavy atom. The van der Waals surface area contributed by atoms with Crippen molar-refractivity contribution in [2.24, 2.45) is 7.05 Å². The molecule has 2 rings (SSSR count). The molecule has 0 amide bonds. The average Bonchev–Trinajstić information content (AvgIpc) is 2.86. The molecule has 0 aliphatic heterocycles. The number of hydrogen-bond donors (Lipinski definition) is 1. The molecule has 0 spiro atoms. The van der Waals surface area contributed by atoms with E-state index in [2.05, 4.69) is 15.6 Å². The molecule has 1 aromatic heterocycles. The molecule has 1 unspecified atom stereocenters. The van der Waals surface area contributed by atoms with Gasteiger partial charge in [0.05, 0.1) is 32.2 Å². The standard InChI is InChI=1S/C13H18N4O2/c1-14-13(11-8-15-16-17(11)2)10-7-9(18-3)5-6-12(10)19-4/h5-8,13-14H,1-4H3. The van der Waals surface area contributed by atoms with E-state index < -0.39 is 0 Å². The average molecular weight is 262 g/mol. The molecule has 102 valence electrons. The second kappa shape index (κ2) is 5.71. The summed E-state index contributed by atoms with van der Waals surface area (Å²) >= 11 is 0. The number of nitrogens with one attached hydrogen (secondary N) is 1. The van der Waals surface area contributed by atoms with E-state index in [1.54, 1.807) is 25.1 Å². The molecule has 19 heavy (non-hydrogen) atoms. The first kappa shape index (κ1) is 13.4. The minimum absolute atomic E-state index is 0.0648. The van der Waals surface area contributed by atoms with Crippen molar-refractivity contribution in [1.82, 2.24) is 20.3 Å². The Kier molecular flexibility index (Phi) is 4.01. The monoisotopic (exact) mass is 262 g/mol. The molecule has 6 heteroatoms. The van der Waals surface area contributed by atoms with Gasteiger partial charge >= 0.3 is 0 Å². The maximum absolute atomic E-state index is 5.42. The Labute approximate surface area is 112 Å². The number of methoxy groups -OCH3 is 2. The SMILES string of the molecule is CNC(c1cc(OC)ccc1OC)c1cnnn1C. The van der Waals surface area contributed by atoms with Crippen molar-refractivity contribution in [2.75, 3.05) is 21.3 Å². The van der Waals surface area contributed by atoms with Gasteiger partial charge in [0.25, 0.3) is 0 Å². The van der Waals surface area contributed by atoms with E-state index in [9.17, 15) is 0 Å². The molecule has 0 saturated heterocycles. The zero-order valence-corrected chi connectivity index (χ0v) is 11.5. The lowest BCUT2D eigenvalue weighted by Gasteiger charge is -2.19. The summed E-state index contributed by atoms with van der Waals surface area (Å²) in [4.78, 5) is 0. The molecule has 0 bridgehead atoms. The smallest absolute Gasteiger partial charge is 0.124 e. The van der Waals surface area contributed by atoms with Crippen LogP contribution in [0.4, 0.5) is 0 Å². The third kappa shape index (κ3) is 2.53. The van der Waals surface area contributed by atoms with Gasteiger partial charge in [-0.2, -0.15) is 0 Å². The summed E-state index contributed by atoms with van der Waals surface area (Å²) in [5.41, 5.74) is 1.93. The van der Waals surface area contributed by atoms with Crippen molar-refractivity contribution >= 4 is 0 Å². The third-order valence-electron chi connectivity index (χ3n) is 3.08. The maximum atomic E-state index is 5.42. The third-order valence-corrected chi connectivity index (χ3v) is 3.08. The van der Waals surface area contributed by atoms with Gasteiger partial charge in [-0.15, -0.1) is 5.10 Å². The highest BCUT2D eigenvalue weighted by Gasteiger charge is 2.20. The summed E-state index contributed by atoms with van der Waals surface area (Å²) in [5.74, 6) is 1.58. The number of aromatic nitrogens is 3. The normalized spacial score (nSPS) is 12.2. The molecule has 1 aromatic carbocycles. The van der Waals surface area contributed by atoms with E-state index >= 15 is 0 Å². The van der Waals surface area contributed by atoms with E-state index in [1.165, 1.54) is 0 Å². The van der Waals surface area contributed by atoms with Gasteiger partial charge in [-0.25, -0.2) is 0 Å². The van der Waals surface area contributed by atoms with E-state index in [0.717, 1.165) is 22.8 Å². The summed E-state index contributed by atoms with van der Waals surface area (Å²) in [6, 6.07) is 5.65. The first-order chi connectivity index (χ1) is 9.21. The summed E-state index contributed by atoms with van der Waals surface area (Å²) in [6.45, 7) is 0. The van der Waals surface area contributed by atoms with Gasteiger partial charge in [-0.05, 0) is 25.2 Å². The van der Waals surface area contributed by atoms with Crippen LogP contribution in [-0.4, -0.2) is 36.3 Å². The molecular formula is C13H18N4O2. The van der Waals surface area contributed by atoms with Crippen LogP contribution in [-0.2, 0) is 7.05 Å². The van der Waals surface area contributed by atoms with Gasteiger partial charge in [-0.3, -0.25) is 4.68 Å². The fraction of sp³-hybridized carbons (Fsp3) is 0.385. The molecule has 0 aliphatic rings. The predicted molar refractivity (Wildman–Crippen MR) is 71.5 cm³/mol. The fourth-order valence-electron chi connectivity index (χ4n) is 2.09. The topological polar surface area (TPSA) is 61.2 Å². The molecular weight excluding hydrogens is 244 g/mol. The number of hydrogen-bond acceptors (Lipinski definition) is 5. The highest BCUT2D eigenvalue weighted by molar-refractivity contribution is 5.44. The lowest BCUT2D eigenvalue weighted by atomic mass is 10.0. The number of aryl methyl sites for hydroxylation is 1. The van der Waals surface area contributed by atoms with Crippen LogP contribution < -0.4 is 14.8 Å². The van der Waals surface area contributed by atoms with E-state index in [1.807, 2.05) is 32.3 Å². The Balaban J connectivity index is 2.51. The molecule has 1 heterocycles. The highest BCUT2D eigenvalue weighted by Crippen LogP contribution is 2.32. The second-order valence-electron chi connectivity index (χ2n) is 4.11. The van der Waals surface area contributed by atoms with Crippen LogP contribution >= 0.6 is 0 Å². The predicted octanol–water partition coefficient (Wildman–Crippen LogP) is 1.14. The maximum Gasteiger partial charge on any atom is 0.124 e. The zero-order chi connectivity index (χ0) is 13.8. The molecule has 1 N–H and O–H groups in total. The summed E-state index contributed by atoms with van der Waals surface area (Å²) in [5, 5.41) is 11.1. The van der Waals surface area contributed by atoms with Crippen molar-refractivity contribution in [3.8, 4) is 11.5 Å². The Morgan fingerprint density at radius 2 is 2.05 bits per heavy atom. The molecule has 1 atom stereocenters. The van der Waals surface area contributed by atoms with Crippen LogP contribution in [0.15, 0.2) is 24.4 Å². The second-order valence-corrected chi connectivity index (χ2v) is 4.11. The van der Waals surface area contributed by atoms with Crippen molar-refractivity contribution in [2.45, 2.75) is 6.04 Å². The summed E-state index contributed by atoms with van der Waals surface area (Å²) in [6.07, 6.45) is 1.74. The largest absolute Gasteiger partial charge is 0.497 e. The molecule has 0 aliphatic carbocycles. The van der Waals surface area contributed by atoms with Crippen LogP contribution in [0.2, 0.25) is 0 Å². The quantitative estimate of drug-likeness (QED) is 0.875. The van der Waals surface area contributed by atoms with Gasteiger partial charge in [-0.1, -0.05) is 5.21 Å². The minimum Gasteiger partial charge on any atom is -0.497 e. The molecule has 0 saturated carbocycles. The van der Waals surface area contributed by atoms with Gasteiger partial charge < -0.3 is 14.8 Å². The number of benzene rings is 1. The van der Waals surface area contributed by atoms with Gasteiger partial charge in [0.1, 0.15) is 11.5 Å². The molecule has 0 radical (unpaired) electrons. The van der Waals surface area contributed by atoms with Gasteiger partial charge in [0.15, 0.2) is 0 Å². The van der Waals surface area contributed by atoms with E-state index in [0.29, 0.717) is 0 Å². The van der Waals surface area contributed by atoms with Crippen LogP contribution in [0.3, 0.4) is 0 Å². The summed E-state index contributed by atoms with van der Waals surface area (Å²) in [7, 11) is 7.04. The Hall–Kier alpha value is -2.08. The van der Waals surface area contributed by atoms with Crippen LogP contribution in [0.5, 0.6) is 11.5 Å². The highest BCUT2D eigenvalue weighted by atomic mass is 16.5. The van der Waals surface area contributed by atoms with Gasteiger partial charge in [0.2, 0.25) is 0 Å². The number of nitrogens with zero attached hydrogens (tertiary/aromatic N) is 3. The van der Waals surface area contributed by atoms with E-state index in [-0.39, 0.29) is 6.04 Å². The summed E-state index contributed by atoms with van der Waals surface area (Å²) < 4.78 is 12.4. The first-order valence-electron chi connectivity index (χ1n) is 5.95. The zero-order valence-electron chi connectivity index (χ0n) is 11.5. The molecule has 0 fully saturated rings. The van der Waals surface area contributed by atoms with Crippen molar-refractivity contribution in [3.63, 3.8) is 0 Å².